The summed E-state index contributed by atoms with van der Waals surface area (Å²) in [7, 11) is -3.20. The minimum absolute atomic E-state index is 0.144. The lowest BCUT2D eigenvalue weighted by Crippen LogP contribution is -2.34. The summed E-state index contributed by atoms with van der Waals surface area (Å²) in [5, 5.41) is 0. The number of ether oxygens (including phenoxy) is 1. The van der Waals surface area contributed by atoms with Crippen molar-refractivity contribution in [1.82, 2.24) is 4.72 Å². The Morgan fingerprint density at radius 3 is 2.42 bits per heavy atom. The standard InChI is InChI=1S/C19H25NO3S/c1-4-12-24(21,22)20-14-16(3)23-19-10-8-17(9-11-19)18-7-5-6-15(2)13-18/h5-11,13,16,20H,4,12,14H2,1-3H3. The number of nitrogens with one attached hydrogen (secondary N) is 1. The monoisotopic (exact) mass is 347 g/mol. The Hall–Kier alpha value is -1.85. The number of sulfonamides is 1. The average molecular weight is 347 g/mol. The van der Waals surface area contributed by atoms with Gasteiger partial charge in [-0.05, 0) is 43.5 Å². The summed E-state index contributed by atoms with van der Waals surface area (Å²) in [6.07, 6.45) is 0.367. The van der Waals surface area contributed by atoms with Crippen LogP contribution in [0.1, 0.15) is 25.8 Å². The highest BCUT2D eigenvalue weighted by Gasteiger charge is 2.11. The minimum Gasteiger partial charge on any atom is -0.489 e. The van der Waals surface area contributed by atoms with Crippen LogP contribution in [0.2, 0.25) is 0 Å². The molecule has 5 heteroatoms. The zero-order chi connectivity index (χ0) is 17.6. The molecule has 0 heterocycles. The summed E-state index contributed by atoms with van der Waals surface area (Å²) < 4.78 is 31.6. The van der Waals surface area contributed by atoms with Crippen molar-refractivity contribution in [1.29, 1.82) is 0 Å². The summed E-state index contributed by atoms with van der Waals surface area (Å²) in [5.41, 5.74) is 3.52. The number of rotatable bonds is 8. The van der Waals surface area contributed by atoms with Crippen LogP contribution in [0, 0.1) is 6.92 Å². The molecule has 2 aromatic rings. The summed E-state index contributed by atoms with van der Waals surface area (Å²) in [5.74, 6) is 0.874. The highest BCUT2D eigenvalue weighted by Crippen LogP contribution is 2.23. The van der Waals surface area contributed by atoms with Gasteiger partial charge in [0.1, 0.15) is 11.9 Å². The molecule has 1 unspecified atom stereocenters. The smallest absolute Gasteiger partial charge is 0.211 e. The van der Waals surface area contributed by atoms with Crippen molar-refractivity contribution in [2.75, 3.05) is 12.3 Å². The maximum Gasteiger partial charge on any atom is 0.211 e. The van der Waals surface area contributed by atoms with Gasteiger partial charge in [-0.25, -0.2) is 13.1 Å². The zero-order valence-corrected chi connectivity index (χ0v) is 15.3. The molecule has 0 spiro atoms. The van der Waals surface area contributed by atoms with E-state index in [1.165, 1.54) is 11.1 Å². The largest absolute Gasteiger partial charge is 0.489 e. The highest BCUT2D eigenvalue weighted by molar-refractivity contribution is 7.89. The quantitative estimate of drug-likeness (QED) is 0.791. The van der Waals surface area contributed by atoms with Gasteiger partial charge in [0.05, 0.1) is 5.75 Å². The lowest BCUT2D eigenvalue weighted by atomic mass is 10.0. The lowest BCUT2D eigenvalue weighted by molar-refractivity contribution is 0.225. The van der Waals surface area contributed by atoms with E-state index in [1.54, 1.807) is 0 Å². The Bertz CT molecular complexity index is 754. The topological polar surface area (TPSA) is 55.4 Å². The molecule has 0 aliphatic heterocycles. The molecular formula is C19H25NO3S. The highest BCUT2D eigenvalue weighted by atomic mass is 32.2. The van der Waals surface area contributed by atoms with Crippen molar-refractivity contribution < 1.29 is 13.2 Å². The van der Waals surface area contributed by atoms with Crippen LogP contribution < -0.4 is 9.46 Å². The molecule has 4 nitrogen and oxygen atoms in total. The number of hydrogen-bond acceptors (Lipinski definition) is 3. The van der Waals surface area contributed by atoms with E-state index >= 15 is 0 Å². The van der Waals surface area contributed by atoms with Crippen molar-refractivity contribution in [3.8, 4) is 16.9 Å². The maximum absolute atomic E-state index is 11.6. The fraction of sp³-hybridized carbons (Fsp3) is 0.368. The third-order valence-corrected chi connectivity index (χ3v) is 5.16. The number of hydrogen-bond donors (Lipinski definition) is 1. The van der Waals surface area contributed by atoms with Gasteiger partial charge < -0.3 is 4.74 Å². The van der Waals surface area contributed by atoms with Crippen LogP contribution in [0.4, 0.5) is 0 Å². The first-order valence-electron chi connectivity index (χ1n) is 8.20. The van der Waals surface area contributed by atoms with E-state index in [0.717, 1.165) is 11.3 Å². The molecular weight excluding hydrogens is 322 g/mol. The van der Waals surface area contributed by atoms with Gasteiger partial charge in [-0.2, -0.15) is 0 Å². The zero-order valence-electron chi connectivity index (χ0n) is 14.5. The molecule has 0 aromatic heterocycles. The molecule has 0 bridgehead atoms. The Labute approximate surface area is 144 Å². The maximum atomic E-state index is 11.6. The summed E-state index contributed by atoms with van der Waals surface area (Å²) >= 11 is 0. The fourth-order valence-corrected chi connectivity index (χ4v) is 3.58. The molecule has 0 saturated carbocycles. The van der Waals surface area contributed by atoms with Crippen molar-refractivity contribution in [3.05, 3.63) is 54.1 Å². The second-order valence-corrected chi connectivity index (χ2v) is 7.92. The Balaban J connectivity index is 1.94. The molecule has 0 saturated heterocycles. The van der Waals surface area contributed by atoms with Crippen LogP contribution in [0.25, 0.3) is 11.1 Å². The van der Waals surface area contributed by atoms with Gasteiger partial charge in [0.25, 0.3) is 0 Å². The third kappa shape index (κ3) is 5.65. The van der Waals surface area contributed by atoms with Crippen molar-refractivity contribution in [2.45, 2.75) is 33.3 Å². The Kier molecular flexibility index (Phi) is 6.40. The molecule has 1 N–H and O–H groups in total. The molecule has 1 atom stereocenters. The first kappa shape index (κ1) is 18.5. The van der Waals surface area contributed by atoms with Gasteiger partial charge in [0.2, 0.25) is 10.0 Å². The molecule has 0 aliphatic carbocycles. The first-order valence-corrected chi connectivity index (χ1v) is 9.86. The minimum atomic E-state index is -3.20. The number of aryl methyl sites for hydroxylation is 1. The van der Waals surface area contributed by atoms with Gasteiger partial charge in [-0.3, -0.25) is 0 Å². The van der Waals surface area contributed by atoms with Gasteiger partial charge in [0.15, 0.2) is 0 Å². The van der Waals surface area contributed by atoms with Gasteiger partial charge in [0, 0.05) is 6.54 Å². The molecule has 0 radical (unpaired) electrons. The normalized spacial score (nSPS) is 12.8. The lowest BCUT2D eigenvalue weighted by Gasteiger charge is -2.16. The summed E-state index contributed by atoms with van der Waals surface area (Å²) in [6, 6.07) is 16.2. The van der Waals surface area contributed by atoms with Crippen LogP contribution in [-0.4, -0.2) is 26.8 Å². The van der Waals surface area contributed by atoms with Crippen LogP contribution in [-0.2, 0) is 10.0 Å². The predicted octanol–water partition coefficient (Wildman–Crippen LogP) is 3.76. The van der Waals surface area contributed by atoms with Crippen LogP contribution in [0.5, 0.6) is 5.75 Å². The van der Waals surface area contributed by atoms with E-state index in [1.807, 2.05) is 44.2 Å². The van der Waals surface area contributed by atoms with Crippen LogP contribution in [0.15, 0.2) is 48.5 Å². The van der Waals surface area contributed by atoms with E-state index in [2.05, 4.69) is 29.8 Å². The Morgan fingerprint density at radius 2 is 1.79 bits per heavy atom. The fourth-order valence-electron chi connectivity index (χ4n) is 2.41. The third-order valence-electron chi connectivity index (χ3n) is 3.61. The second kappa shape index (κ2) is 8.31. The summed E-state index contributed by atoms with van der Waals surface area (Å²) in [6.45, 7) is 6.03. The molecule has 24 heavy (non-hydrogen) atoms. The van der Waals surface area contributed by atoms with Crippen LogP contribution >= 0.6 is 0 Å². The Morgan fingerprint density at radius 1 is 1.08 bits per heavy atom. The second-order valence-electron chi connectivity index (χ2n) is 5.99. The average Bonchev–Trinajstić information content (AvgIpc) is 2.54. The van der Waals surface area contributed by atoms with Crippen molar-refractivity contribution in [3.63, 3.8) is 0 Å². The van der Waals surface area contributed by atoms with E-state index in [0.29, 0.717) is 6.42 Å². The number of benzene rings is 2. The first-order chi connectivity index (χ1) is 11.4. The van der Waals surface area contributed by atoms with Crippen molar-refractivity contribution >= 4 is 10.0 Å². The van der Waals surface area contributed by atoms with Gasteiger partial charge in [-0.15, -0.1) is 0 Å². The molecule has 0 aliphatic rings. The van der Waals surface area contributed by atoms with E-state index in [-0.39, 0.29) is 18.4 Å². The molecule has 2 aromatic carbocycles. The molecule has 0 fully saturated rings. The van der Waals surface area contributed by atoms with Crippen LogP contribution in [0.3, 0.4) is 0 Å². The van der Waals surface area contributed by atoms with Crippen molar-refractivity contribution in [2.24, 2.45) is 0 Å². The van der Waals surface area contributed by atoms with E-state index in [9.17, 15) is 8.42 Å². The van der Waals surface area contributed by atoms with Gasteiger partial charge >= 0.3 is 0 Å². The molecule has 0 amide bonds. The molecule has 130 valence electrons. The predicted molar refractivity (Wildman–Crippen MR) is 98.8 cm³/mol. The van der Waals surface area contributed by atoms with E-state index in [4.69, 9.17) is 4.74 Å². The van der Waals surface area contributed by atoms with Gasteiger partial charge in [-0.1, -0.05) is 48.9 Å². The van der Waals surface area contributed by atoms with E-state index < -0.39 is 10.0 Å². The summed E-state index contributed by atoms with van der Waals surface area (Å²) in [4.78, 5) is 0. The SMILES string of the molecule is CCCS(=O)(=O)NCC(C)Oc1ccc(-c2cccc(C)c2)cc1. The molecule has 2 rings (SSSR count).